The normalized spacial score (nSPS) is 28.8. The van der Waals surface area contributed by atoms with Gasteiger partial charge in [0.15, 0.2) is 0 Å². The van der Waals surface area contributed by atoms with Crippen LogP contribution >= 0.6 is 0 Å². The van der Waals surface area contributed by atoms with E-state index >= 15 is 0 Å². The molecule has 1 aliphatic carbocycles. The number of hydrogen-bond donors (Lipinski definition) is 1. The zero-order valence-corrected chi connectivity index (χ0v) is 16.6. The summed E-state index contributed by atoms with van der Waals surface area (Å²) in [6.45, 7) is 9.39. The Labute approximate surface area is 146 Å². The van der Waals surface area contributed by atoms with Crippen molar-refractivity contribution in [1.82, 2.24) is 0 Å². The molecule has 0 spiro atoms. The monoisotopic (exact) mass is 324 g/mol. The van der Waals surface area contributed by atoms with E-state index in [0.717, 1.165) is 12.3 Å². The topological polar surface area (TPSA) is 20.2 Å². The van der Waals surface area contributed by atoms with Crippen LogP contribution in [0.15, 0.2) is 0 Å². The van der Waals surface area contributed by atoms with Gasteiger partial charge in [-0.1, -0.05) is 79.1 Å². The smallest absolute Gasteiger partial charge is 0.0565 e. The Morgan fingerprint density at radius 1 is 1.00 bits per heavy atom. The first kappa shape index (κ1) is 21.0. The first-order valence-electron chi connectivity index (χ1n) is 10.7. The fourth-order valence-electron chi connectivity index (χ4n) is 4.58. The van der Waals surface area contributed by atoms with Crippen molar-refractivity contribution in [3.8, 4) is 0 Å². The highest BCUT2D eigenvalue weighted by molar-refractivity contribution is 4.85. The molecule has 0 aromatic heterocycles. The highest BCUT2D eigenvalue weighted by Gasteiger charge is 2.34. The summed E-state index contributed by atoms with van der Waals surface area (Å²) in [5.74, 6) is 1.36. The van der Waals surface area contributed by atoms with Crippen LogP contribution in [0.1, 0.15) is 118 Å². The van der Waals surface area contributed by atoms with Crippen LogP contribution in [0.25, 0.3) is 0 Å². The van der Waals surface area contributed by atoms with Crippen molar-refractivity contribution >= 4 is 0 Å². The van der Waals surface area contributed by atoms with Crippen molar-refractivity contribution in [3.63, 3.8) is 0 Å². The second-order valence-electron chi connectivity index (χ2n) is 8.67. The minimum atomic E-state index is -0.0783. The number of rotatable bonds is 10. The molecule has 0 radical (unpaired) electrons. The average Bonchev–Trinajstić information content (AvgIpc) is 2.54. The molecule has 23 heavy (non-hydrogen) atoms. The summed E-state index contributed by atoms with van der Waals surface area (Å²) >= 11 is 0. The lowest BCUT2D eigenvalue weighted by Gasteiger charge is -2.40. The summed E-state index contributed by atoms with van der Waals surface area (Å²) in [5, 5.41) is 10.4. The molecule has 0 aliphatic heterocycles. The van der Waals surface area contributed by atoms with Gasteiger partial charge >= 0.3 is 0 Å². The largest absolute Gasteiger partial charge is 0.393 e. The minimum Gasteiger partial charge on any atom is -0.393 e. The molecule has 1 nitrogen and oxygen atoms in total. The van der Waals surface area contributed by atoms with Crippen LogP contribution in [-0.4, -0.2) is 11.2 Å². The van der Waals surface area contributed by atoms with E-state index < -0.39 is 0 Å². The molecular formula is C22H44O. The van der Waals surface area contributed by atoms with Gasteiger partial charge in [0.05, 0.1) is 6.10 Å². The number of aliphatic hydroxyl groups excluding tert-OH is 1. The van der Waals surface area contributed by atoms with Gasteiger partial charge in [-0.2, -0.15) is 0 Å². The van der Waals surface area contributed by atoms with Crippen molar-refractivity contribution in [1.29, 1.82) is 0 Å². The summed E-state index contributed by atoms with van der Waals surface area (Å²) in [6, 6.07) is 0. The van der Waals surface area contributed by atoms with Gasteiger partial charge in [0.2, 0.25) is 0 Å². The highest BCUT2D eigenvalue weighted by atomic mass is 16.3. The first-order valence-corrected chi connectivity index (χ1v) is 10.7. The molecule has 1 saturated carbocycles. The van der Waals surface area contributed by atoms with E-state index in [1.807, 2.05) is 0 Å². The molecule has 138 valence electrons. The van der Waals surface area contributed by atoms with Crippen molar-refractivity contribution in [2.24, 2.45) is 17.3 Å². The van der Waals surface area contributed by atoms with Crippen molar-refractivity contribution in [2.45, 2.75) is 124 Å². The molecule has 0 heterocycles. The van der Waals surface area contributed by atoms with Crippen LogP contribution in [0.2, 0.25) is 0 Å². The molecule has 0 saturated heterocycles. The Kier molecular flexibility index (Phi) is 10.5. The zero-order valence-electron chi connectivity index (χ0n) is 16.6. The summed E-state index contributed by atoms with van der Waals surface area (Å²) in [4.78, 5) is 0. The van der Waals surface area contributed by atoms with E-state index in [4.69, 9.17) is 0 Å². The maximum atomic E-state index is 10.4. The van der Waals surface area contributed by atoms with Crippen LogP contribution in [0.5, 0.6) is 0 Å². The lowest BCUT2D eigenvalue weighted by atomic mass is 9.65. The molecule has 3 unspecified atom stereocenters. The van der Waals surface area contributed by atoms with Crippen LogP contribution in [0, 0.1) is 17.3 Å². The molecule has 1 fully saturated rings. The molecule has 1 aliphatic rings. The van der Waals surface area contributed by atoms with E-state index in [1.165, 1.54) is 83.5 Å². The third-order valence-electron chi connectivity index (χ3n) is 6.62. The van der Waals surface area contributed by atoms with Crippen LogP contribution < -0.4 is 0 Å². The van der Waals surface area contributed by atoms with Crippen LogP contribution in [0.3, 0.4) is 0 Å². The fraction of sp³-hybridized carbons (Fsp3) is 1.00. The van der Waals surface area contributed by atoms with Gasteiger partial charge in [0.1, 0.15) is 0 Å². The predicted molar refractivity (Wildman–Crippen MR) is 103 cm³/mol. The average molecular weight is 325 g/mol. The lowest BCUT2D eigenvalue weighted by Crippen LogP contribution is -2.30. The highest BCUT2D eigenvalue weighted by Crippen LogP contribution is 2.45. The van der Waals surface area contributed by atoms with E-state index in [2.05, 4.69) is 27.7 Å². The molecule has 1 heteroatoms. The third-order valence-corrected chi connectivity index (χ3v) is 6.62. The van der Waals surface area contributed by atoms with E-state index in [9.17, 15) is 5.11 Å². The minimum absolute atomic E-state index is 0.0783. The quantitative estimate of drug-likeness (QED) is 0.453. The maximum absolute atomic E-state index is 10.4. The maximum Gasteiger partial charge on any atom is 0.0565 e. The van der Waals surface area contributed by atoms with Gasteiger partial charge in [-0.25, -0.2) is 0 Å². The summed E-state index contributed by atoms with van der Waals surface area (Å²) in [5.41, 5.74) is 0.560. The standard InChI is InChI=1S/C22H44O/c1-5-7-14-21(23)19(3)15-16-20-13-11-9-10-12-18-22(20,4)17-8-6-2/h19-21,23H,5-18H2,1-4H3/t19?,20?,21?,22-/m1/s1. The Hall–Kier alpha value is -0.0400. The van der Waals surface area contributed by atoms with E-state index in [-0.39, 0.29) is 6.10 Å². The molecule has 0 amide bonds. The number of aliphatic hydroxyl groups is 1. The lowest BCUT2D eigenvalue weighted by molar-refractivity contribution is 0.0737. The van der Waals surface area contributed by atoms with E-state index in [1.54, 1.807) is 0 Å². The van der Waals surface area contributed by atoms with E-state index in [0.29, 0.717) is 11.3 Å². The molecule has 1 rings (SSSR count). The van der Waals surface area contributed by atoms with Gasteiger partial charge < -0.3 is 5.11 Å². The molecule has 0 bridgehead atoms. The van der Waals surface area contributed by atoms with Crippen LogP contribution in [0.4, 0.5) is 0 Å². The molecule has 0 aromatic rings. The second kappa shape index (κ2) is 11.5. The SMILES string of the molecule is CCCCC(O)C(C)CCC1CCCCCC[C@@]1(C)CCCC. The predicted octanol–water partition coefficient (Wildman–Crippen LogP) is 7.12. The van der Waals surface area contributed by atoms with Crippen molar-refractivity contribution in [2.75, 3.05) is 0 Å². The number of hydrogen-bond acceptors (Lipinski definition) is 1. The Balaban J connectivity index is 2.56. The molecular weight excluding hydrogens is 280 g/mol. The van der Waals surface area contributed by atoms with Gasteiger partial charge in [0.25, 0.3) is 0 Å². The van der Waals surface area contributed by atoms with Crippen LogP contribution in [-0.2, 0) is 0 Å². The first-order chi connectivity index (χ1) is 11.0. The summed E-state index contributed by atoms with van der Waals surface area (Å²) in [6.07, 6.45) is 18.6. The molecule has 0 aromatic carbocycles. The van der Waals surface area contributed by atoms with Gasteiger partial charge in [-0.05, 0) is 55.8 Å². The second-order valence-corrected chi connectivity index (χ2v) is 8.67. The molecule has 4 atom stereocenters. The Bertz CT molecular complexity index is 284. The van der Waals surface area contributed by atoms with Gasteiger partial charge in [0, 0.05) is 0 Å². The fourth-order valence-corrected chi connectivity index (χ4v) is 4.58. The molecule has 1 N–H and O–H groups in total. The van der Waals surface area contributed by atoms with Gasteiger partial charge in [-0.15, -0.1) is 0 Å². The number of unbranched alkanes of at least 4 members (excludes halogenated alkanes) is 2. The van der Waals surface area contributed by atoms with Crippen molar-refractivity contribution < 1.29 is 5.11 Å². The zero-order chi connectivity index (χ0) is 17.1. The van der Waals surface area contributed by atoms with Crippen molar-refractivity contribution in [3.05, 3.63) is 0 Å². The Morgan fingerprint density at radius 2 is 1.70 bits per heavy atom. The third kappa shape index (κ3) is 7.59. The van der Waals surface area contributed by atoms with Gasteiger partial charge in [-0.3, -0.25) is 0 Å². The Morgan fingerprint density at radius 3 is 2.39 bits per heavy atom. The summed E-state index contributed by atoms with van der Waals surface area (Å²) in [7, 11) is 0. The summed E-state index contributed by atoms with van der Waals surface area (Å²) < 4.78 is 0.